The maximum absolute atomic E-state index is 13.8. The van der Waals surface area contributed by atoms with Crippen LogP contribution in [0.25, 0.3) is 0 Å². The van der Waals surface area contributed by atoms with Gasteiger partial charge in [-0.2, -0.15) is 0 Å². The number of rotatable bonds is 15. The number of carbonyl (C=O) groups excluding carboxylic acids is 3. The zero-order chi connectivity index (χ0) is 41.3. The summed E-state index contributed by atoms with van der Waals surface area (Å²) < 4.78 is 28.2. The van der Waals surface area contributed by atoms with Crippen LogP contribution in [-0.2, 0) is 38.1 Å². The summed E-state index contributed by atoms with van der Waals surface area (Å²) in [6.07, 6.45) is -0.0132. The quantitative estimate of drug-likeness (QED) is 0.0464. The Morgan fingerprint density at radius 3 is 2.09 bits per heavy atom. The van der Waals surface area contributed by atoms with Crippen LogP contribution in [0.4, 0.5) is 0 Å². The standard InChI is InChI=1S/C37H46Cl2N2O15/c1-18(38)11-10-13-20(39)12-8-6-4-3-5-7-9-14-22(43)26-28(47)21(15-25(40)45)41(34(26)51)35-33(29(48)23(44)17-52-35)56-37-31(50)32(24(16-42)54-37)55-36-30(49)27(46)19(2)53-36/h3-14,19,21,23-24,27,29-33,35-37,42-44,46,48-50H,15-17H2,1-2H3,(H2,40,45)/b4-3+,7-5+,8-6+,13-10+,14-9+,18-11+,20-12+,26-22-/t19-,21+,23-,24-,27-,29+,30+,31+,32-,33-,35-,36+,37+/m1/s1. The summed E-state index contributed by atoms with van der Waals surface area (Å²) >= 11 is 11.8. The van der Waals surface area contributed by atoms with E-state index in [0.717, 1.165) is 11.0 Å². The largest absolute Gasteiger partial charge is 0.507 e. The SMILES string of the molecule is C\C(Cl)=C/C=C/C(Cl)=C\C=C\C=C\C=C\C=C\C(O)=C1/C(=O)[C@H](CC(N)=O)N([C@@H]2OC[C@@H](O)[C@H](O)[C@H]2O[C@@H]2O[C@H](CO)[C@@H](O[C@@H]3O[C@H](C)[C@@H](O)[C@@H]3O)[C@@H]2O)C1=O. The first-order valence-corrected chi connectivity index (χ1v) is 18.2. The third kappa shape index (κ3) is 11.1. The highest BCUT2D eigenvalue weighted by atomic mass is 35.5. The van der Waals surface area contributed by atoms with E-state index in [0.29, 0.717) is 10.1 Å². The van der Waals surface area contributed by atoms with Crippen molar-refractivity contribution in [2.24, 2.45) is 5.73 Å². The highest BCUT2D eigenvalue weighted by Crippen LogP contribution is 2.36. The van der Waals surface area contributed by atoms with E-state index < -0.39 is 128 Å². The number of ketones is 1. The molecular formula is C37H46Cl2N2O15. The maximum Gasteiger partial charge on any atom is 0.264 e. The fourth-order valence-electron chi connectivity index (χ4n) is 6.14. The number of nitrogens with zero attached hydrogens (tertiary/aromatic N) is 1. The van der Waals surface area contributed by atoms with Gasteiger partial charge in [0.2, 0.25) is 5.91 Å². The van der Waals surface area contributed by atoms with E-state index in [9.17, 15) is 50.1 Å². The van der Waals surface area contributed by atoms with Crippen molar-refractivity contribution in [2.45, 2.75) is 100 Å². The van der Waals surface area contributed by atoms with Gasteiger partial charge >= 0.3 is 0 Å². The number of aliphatic hydroxyl groups is 7. The average Bonchev–Trinajstić information content (AvgIpc) is 3.67. The molecule has 0 spiro atoms. The van der Waals surface area contributed by atoms with Crippen LogP contribution < -0.4 is 5.73 Å². The molecular weight excluding hydrogens is 783 g/mol. The number of halogens is 2. The summed E-state index contributed by atoms with van der Waals surface area (Å²) in [7, 11) is 0. The van der Waals surface area contributed by atoms with Crippen LogP contribution in [0.5, 0.6) is 0 Å². The van der Waals surface area contributed by atoms with E-state index in [-0.39, 0.29) is 0 Å². The molecule has 13 atom stereocenters. The lowest BCUT2D eigenvalue weighted by Crippen LogP contribution is -2.63. The molecule has 0 bridgehead atoms. The summed E-state index contributed by atoms with van der Waals surface area (Å²) in [5, 5.41) is 74.9. The minimum atomic E-state index is -1.84. The van der Waals surface area contributed by atoms with Gasteiger partial charge in [0.25, 0.3) is 5.91 Å². The molecule has 4 saturated heterocycles. The molecule has 4 heterocycles. The highest BCUT2D eigenvalue weighted by Gasteiger charge is 2.57. The number of likely N-dealkylation sites (tertiary alicyclic amines) is 1. The normalized spacial score (nSPS) is 37.2. The number of hydrogen-bond donors (Lipinski definition) is 8. The van der Waals surface area contributed by atoms with Crippen molar-refractivity contribution >= 4 is 40.8 Å². The lowest BCUT2D eigenvalue weighted by atomic mass is 10.0. The highest BCUT2D eigenvalue weighted by molar-refractivity contribution is 6.31. The second kappa shape index (κ2) is 20.8. The Labute approximate surface area is 332 Å². The Morgan fingerprint density at radius 1 is 0.857 bits per heavy atom. The summed E-state index contributed by atoms with van der Waals surface area (Å²) in [6, 6.07) is -1.64. The summed E-state index contributed by atoms with van der Waals surface area (Å²) in [6.45, 7) is 1.90. The number of carbonyl (C=O) groups is 3. The van der Waals surface area contributed by atoms with Crippen LogP contribution in [0.15, 0.2) is 94.3 Å². The van der Waals surface area contributed by atoms with Gasteiger partial charge in [-0.3, -0.25) is 19.3 Å². The van der Waals surface area contributed by atoms with Gasteiger partial charge < -0.3 is 65.2 Å². The molecule has 0 aromatic rings. The third-order valence-electron chi connectivity index (χ3n) is 8.98. The smallest absolute Gasteiger partial charge is 0.264 e. The fourth-order valence-corrected chi connectivity index (χ4v) is 6.35. The number of nitrogens with two attached hydrogens (primary N) is 1. The molecule has 308 valence electrons. The van der Waals surface area contributed by atoms with E-state index in [1.807, 2.05) is 0 Å². The molecule has 0 aromatic carbocycles. The minimum Gasteiger partial charge on any atom is -0.507 e. The molecule has 2 amide bonds. The van der Waals surface area contributed by atoms with Crippen molar-refractivity contribution in [1.82, 2.24) is 4.90 Å². The molecule has 0 aliphatic carbocycles. The first-order valence-electron chi connectivity index (χ1n) is 17.4. The van der Waals surface area contributed by atoms with Crippen LogP contribution >= 0.6 is 23.2 Å². The molecule has 19 heteroatoms. The van der Waals surface area contributed by atoms with E-state index >= 15 is 0 Å². The third-order valence-corrected chi connectivity index (χ3v) is 9.35. The predicted octanol–water partition coefficient (Wildman–Crippen LogP) is -0.107. The Kier molecular flexibility index (Phi) is 16.7. The lowest BCUT2D eigenvalue weighted by Gasteiger charge is -2.44. The predicted molar refractivity (Wildman–Crippen MR) is 198 cm³/mol. The van der Waals surface area contributed by atoms with Crippen LogP contribution in [0.2, 0.25) is 0 Å². The Balaban J connectivity index is 1.51. The van der Waals surface area contributed by atoms with E-state index in [1.165, 1.54) is 19.1 Å². The van der Waals surface area contributed by atoms with Gasteiger partial charge in [-0.1, -0.05) is 71.8 Å². The summed E-state index contributed by atoms with van der Waals surface area (Å²) in [5.41, 5.74) is 4.68. The van der Waals surface area contributed by atoms with Crippen molar-refractivity contribution in [3.8, 4) is 0 Å². The summed E-state index contributed by atoms with van der Waals surface area (Å²) in [4.78, 5) is 40.3. The minimum absolute atomic E-state index is 0.469. The number of ether oxygens (including phenoxy) is 5. The van der Waals surface area contributed by atoms with Gasteiger partial charge in [0.1, 0.15) is 66.2 Å². The van der Waals surface area contributed by atoms with Gasteiger partial charge in [0.05, 0.1) is 25.7 Å². The van der Waals surface area contributed by atoms with E-state index in [2.05, 4.69) is 0 Å². The van der Waals surface area contributed by atoms with Crippen LogP contribution in [0, 0.1) is 0 Å². The zero-order valence-electron chi connectivity index (χ0n) is 30.2. The van der Waals surface area contributed by atoms with Gasteiger partial charge in [-0.25, -0.2) is 0 Å². The molecule has 17 nitrogen and oxygen atoms in total. The second-order valence-electron chi connectivity index (χ2n) is 13.1. The number of hydrogen-bond acceptors (Lipinski definition) is 15. The average molecular weight is 830 g/mol. The number of allylic oxidation sites excluding steroid dienone is 14. The Bertz CT molecular complexity index is 1670. The molecule has 0 saturated carbocycles. The molecule has 4 rings (SSSR count). The van der Waals surface area contributed by atoms with Crippen LogP contribution in [0.3, 0.4) is 0 Å². The Morgan fingerprint density at radius 2 is 1.48 bits per heavy atom. The van der Waals surface area contributed by atoms with Crippen molar-refractivity contribution in [1.29, 1.82) is 0 Å². The number of aliphatic hydroxyl groups excluding tert-OH is 7. The summed E-state index contributed by atoms with van der Waals surface area (Å²) in [5.74, 6) is -3.89. The van der Waals surface area contributed by atoms with Crippen molar-refractivity contribution in [2.75, 3.05) is 13.2 Å². The maximum atomic E-state index is 13.8. The molecule has 4 aliphatic heterocycles. The van der Waals surface area contributed by atoms with Crippen molar-refractivity contribution < 1.29 is 73.8 Å². The van der Waals surface area contributed by atoms with Crippen molar-refractivity contribution in [3.63, 3.8) is 0 Å². The van der Waals surface area contributed by atoms with E-state index in [1.54, 1.807) is 61.6 Å². The number of Topliss-reactive ketones (excluding diaryl/α,β-unsaturated/α-hetero) is 1. The number of amides is 2. The van der Waals surface area contributed by atoms with Crippen LogP contribution in [-0.4, -0.2) is 151 Å². The molecule has 9 N–H and O–H groups in total. The van der Waals surface area contributed by atoms with Gasteiger partial charge in [0, 0.05) is 10.1 Å². The lowest BCUT2D eigenvalue weighted by molar-refractivity contribution is -0.290. The Hall–Kier alpha value is -3.53. The van der Waals surface area contributed by atoms with Gasteiger partial charge in [0.15, 0.2) is 24.6 Å². The van der Waals surface area contributed by atoms with Crippen LogP contribution in [0.1, 0.15) is 20.3 Å². The van der Waals surface area contributed by atoms with Crippen molar-refractivity contribution in [3.05, 3.63) is 94.3 Å². The first kappa shape index (κ1) is 45.2. The molecule has 4 fully saturated rings. The second-order valence-corrected chi connectivity index (χ2v) is 14.1. The molecule has 4 aliphatic rings. The molecule has 0 unspecified atom stereocenters. The fraction of sp³-hybridized carbons (Fsp3) is 0.486. The molecule has 56 heavy (non-hydrogen) atoms. The van der Waals surface area contributed by atoms with Gasteiger partial charge in [-0.05, 0) is 38.2 Å². The molecule has 0 aromatic heterocycles. The van der Waals surface area contributed by atoms with Gasteiger partial charge in [-0.15, -0.1) is 0 Å². The molecule has 0 radical (unpaired) electrons. The number of primary amides is 1. The topological polar surface area (TPSA) is 268 Å². The van der Waals surface area contributed by atoms with E-state index in [4.69, 9.17) is 52.6 Å². The zero-order valence-corrected chi connectivity index (χ0v) is 31.7. The monoisotopic (exact) mass is 828 g/mol. The first-order chi connectivity index (χ1) is 26.6.